The Morgan fingerprint density at radius 1 is 1.25 bits per heavy atom. The Hall–Kier alpha value is -1.59. The number of hydrogen-bond donors (Lipinski definition) is 2. The van der Waals surface area contributed by atoms with Crippen LogP contribution in [0.5, 0.6) is 6.01 Å². The molecule has 6 nitrogen and oxygen atoms in total. The predicted octanol–water partition coefficient (Wildman–Crippen LogP) is 2.69. The third kappa shape index (κ3) is 3.95. The van der Waals surface area contributed by atoms with Crippen molar-refractivity contribution in [3.05, 3.63) is 0 Å². The Bertz CT molecular complexity index is 449. The van der Waals surface area contributed by atoms with Gasteiger partial charge in [0.25, 0.3) is 0 Å². The molecular formula is C14H25N5O. The van der Waals surface area contributed by atoms with Crippen LogP contribution in [0.2, 0.25) is 0 Å². The standard InChI is InChI=1S/C14H25N5O/c1-5-20-13-18-11(15-4)17-12(19-13)16-10-7-6-8-14(2,3)9-10/h10H,5-9H2,1-4H3,(H2,15,16,17,18,19). The molecule has 1 aliphatic rings. The first-order valence-corrected chi connectivity index (χ1v) is 7.35. The number of nitrogens with one attached hydrogen (secondary N) is 2. The quantitative estimate of drug-likeness (QED) is 0.863. The molecule has 2 rings (SSSR count). The molecule has 0 aromatic carbocycles. The lowest BCUT2D eigenvalue weighted by Crippen LogP contribution is -2.32. The highest BCUT2D eigenvalue weighted by atomic mass is 16.5. The lowest BCUT2D eigenvalue weighted by Gasteiger charge is -2.35. The largest absolute Gasteiger partial charge is 0.464 e. The summed E-state index contributed by atoms with van der Waals surface area (Å²) in [6, 6.07) is 0.782. The van der Waals surface area contributed by atoms with Crippen molar-refractivity contribution in [1.29, 1.82) is 0 Å². The number of hydrogen-bond acceptors (Lipinski definition) is 6. The van der Waals surface area contributed by atoms with Gasteiger partial charge in [-0.15, -0.1) is 0 Å². The highest BCUT2D eigenvalue weighted by molar-refractivity contribution is 5.36. The van der Waals surface area contributed by atoms with Crippen molar-refractivity contribution in [2.75, 3.05) is 24.3 Å². The zero-order chi connectivity index (χ0) is 14.6. The minimum absolute atomic E-state index is 0.365. The molecule has 1 aromatic heterocycles. The zero-order valence-corrected chi connectivity index (χ0v) is 12.9. The summed E-state index contributed by atoms with van der Waals surface area (Å²) < 4.78 is 5.38. The molecule has 1 aromatic rings. The maximum atomic E-state index is 5.38. The van der Waals surface area contributed by atoms with Gasteiger partial charge in [-0.3, -0.25) is 0 Å². The van der Waals surface area contributed by atoms with Gasteiger partial charge in [0.05, 0.1) is 6.61 Å². The lowest BCUT2D eigenvalue weighted by molar-refractivity contribution is 0.229. The molecule has 0 radical (unpaired) electrons. The van der Waals surface area contributed by atoms with Crippen molar-refractivity contribution in [3.63, 3.8) is 0 Å². The molecule has 2 N–H and O–H groups in total. The number of rotatable bonds is 5. The van der Waals surface area contributed by atoms with E-state index in [1.807, 2.05) is 6.92 Å². The first-order valence-electron chi connectivity index (χ1n) is 7.35. The molecule has 0 bridgehead atoms. The Morgan fingerprint density at radius 3 is 2.65 bits per heavy atom. The van der Waals surface area contributed by atoms with E-state index in [0.717, 1.165) is 12.8 Å². The molecule has 0 amide bonds. The Labute approximate surface area is 120 Å². The maximum Gasteiger partial charge on any atom is 0.323 e. The molecule has 1 heterocycles. The van der Waals surface area contributed by atoms with Gasteiger partial charge < -0.3 is 15.4 Å². The van der Waals surface area contributed by atoms with E-state index in [9.17, 15) is 0 Å². The average Bonchev–Trinajstić information content (AvgIpc) is 2.37. The van der Waals surface area contributed by atoms with E-state index in [-0.39, 0.29) is 0 Å². The van der Waals surface area contributed by atoms with Crippen LogP contribution in [-0.4, -0.2) is 34.6 Å². The number of anilines is 2. The summed E-state index contributed by atoms with van der Waals surface area (Å²) >= 11 is 0. The Morgan fingerprint density at radius 2 is 2.00 bits per heavy atom. The van der Waals surface area contributed by atoms with E-state index >= 15 is 0 Å². The van der Waals surface area contributed by atoms with Crippen LogP contribution in [-0.2, 0) is 0 Å². The van der Waals surface area contributed by atoms with Crippen molar-refractivity contribution in [2.45, 2.75) is 52.5 Å². The van der Waals surface area contributed by atoms with E-state index in [1.165, 1.54) is 12.8 Å². The van der Waals surface area contributed by atoms with Gasteiger partial charge in [-0.25, -0.2) is 0 Å². The monoisotopic (exact) mass is 279 g/mol. The van der Waals surface area contributed by atoms with Crippen LogP contribution in [0.3, 0.4) is 0 Å². The molecule has 20 heavy (non-hydrogen) atoms. The van der Waals surface area contributed by atoms with Gasteiger partial charge in [-0.2, -0.15) is 15.0 Å². The van der Waals surface area contributed by atoms with Gasteiger partial charge in [-0.05, 0) is 31.6 Å². The molecule has 0 aliphatic heterocycles. The highest BCUT2D eigenvalue weighted by Gasteiger charge is 2.28. The fourth-order valence-electron chi connectivity index (χ4n) is 2.73. The van der Waals surface area contributed by atoms with Gasteiger partial charge in [0.2, 0.25) is 11.9 Å². The summed E-state index contributed by atoms with van der Waals surface area (Å²) in [6.45, 7) is 7.10. The fraction of sp³-hybridized carbons (Fsp3) is 0.786. The maximum absolute atomic E-state index is 5.38. The topological polar surface area (TPSA) is 72.0 Å². The Kier molecular flexibility index (Phi) is 4.62. The molecule has 0 saturated heterocycles. The van der Waals surface area contributed by atoms with Crippen LogP contribution in [0.4, 0.5) is 11.9 Å². The molecule has 6 heteroatoms. The van der Waals surface area contributed by atoms with Gasteiger partial charge >= 0.3 is 6.01 Å². The van der Waals surface area contributed by atoms with Crippen LogP contribution in [0.1, 0.15) is 46.5 Å². The summed E-state index contributed by atoms with van der Waals surface area (Å²) in [4.78, 5) is 12.8. The molecule has 1 fully saturated rings. The third-order valence-electron chi connectivity index (χ3n) is 3.65. The third-order valence-corrected chi connectivity index (χ3v) is 3.65. The van der Waals surface area contributed by atoms with E-state index in [4.69, 9.17) is 4.74 Å². The van der Waals surface area contributed by atoms with Gasteiger partial charge in [-0.1, -0.05) is 20.3 Å². The van der Waals surface area contributed by atoms with Crippen LogP contribution >= 0.6 is 0 Å². The van der Waals surface area contributed by atoms with Crippen molar-refractivity contribution >= 4 is 11.9 Å². The van der Waals surface area contributed by atoms with E-state index in [1.54, 1.807) is 7.05 Å². The van der Waals surface area contributed by atoms with E-state index in [0.29, 0.717) is 36.0 Å². The van der Waals surface area contributed by atoms with Crippen molar-refractivity contribution in [2.24, 2.45) is 5.41 Å². The predicted molar refractivity (Wildman–Crippen MR) is 80.2 cm³/mol. The fourth-order valence-corrected chi connectivity index (χ4v) is 2.73. The molecule has 1 unspecified atom stereocenters. The second-order valence-corrected chi connectivity index (χ2v) is 6.05. The van der Waals surface area contributed by atoms with Crippen molar-refractivity contribution in [1.82, 2.24) is 15.0 Å². The van der Waals surface area contributed by atoms with Crippen molar-refractivity contribution in [3.8, 4) is 6.01 Å². The van der Waals surface area contributed by atoms with Gasteiger partial charge in [0.1, 0.15) is 0 Å². The molecular weight excluding hydrogens is 254 g/mol. The summed E-state index contributed by atoms with van der Waals surface area (Å²) in [5.41, 5.74) is 0.386. The summed E-state index contributed by atoms with van der Waals surface area (Å²) in [5, 5.41) is 6.37. The molecule has 0 spiro atoms. The number of aromatic nitrogens is 3. The van der Waals surface area contributed by atoms with Crippen LogP contribution in [0.15, 0.2) is 0 Å². The highest BCUT2D eigenvalue weighted by Crippen LogP contribution is 2.36. The minimum atomic E-state index is 0.365. The van der Waals surface area contributed by atoms with Crippen LogP contribution in [0.25, 0.3) is 0 Å². The number of nitrogens with zero attached hydrogens (tertiary/aromatic N) is 3. The first kappa shape index (κ1) is 14.8. The smallest absolute Gasteiger partial charge is 0.323 e. The second kappa shape index (κ2) is 6.24. The Balaban J connectivity index is 2.09. The molecule has 1 atom stereocenters. The normalized spacial score (nSPS) is 21.3. The zero-order valence-electron chi connectivity index (χ0n) is 12.9. The summed E-state index contributed by atoms with van der Waals surface area (Å²) in [7, 11) is 1.79. The minimum Gasteiger partial charge on any atom is -0.464 e. The average molecular weight is 279 g/mol. The first-order chi connectivity index (χ1) is 9.52. The van der Waals surface area contributed by atoms with E-state index < -0.39 is 0 Å². The van der Waals surface area contributed by atoms with Gasteiger partial charge in [0, 0.05) is 13.1 Å². The van der Waals surface area contributed by atoms with Gasteiger partial charge in [0.15, 0.2) is 0 Å². The van der Waals surface area contributed by atoms with Crippen LogP contribution < -0.4 is 15.4 Å². The molecule has 1 aliphatic carbocycles. The molecule has 1 saturated carbocycles. The SMILES string of the molecule is CCOc1nc(NC)nc(NC2CCCC(C)(C)C2)n1. The van der Waals surface area contributed by atoms with Crippen LogP contribution in [0, 0.1) is 5.41 Å². The second-order valence-electron chi connectivity index (χ2n) is 6.05. The summed E-state index contributed by atoms with van der Waals surface area (Å²) in [5.74, 6) is 1.12. The lowest BCUT2D eigenvalue weighted by atomic mass is 9.75. The van der Waals surface area contributed by atoms with E-state index in [2.05, 4.69) is 39.4 Å². The van der Waals surface area contributed by atoms with Crippen molar-refractivity contribution < 1.29 is 4.74 Å². The molecule has 112 valence electrons. The summed E-state index contributed by atoms with van der Waals surface area (Å²) in [6.07, 6.45) is 4.83. The number of ether oxygens (including phenoxy) is 1.